The lowest BCUT2D eigenvalue weighted by Gasteiger charge is -2.08. The lowest BCUT2D eigenvalue weighted by molar-refractivity contribution is 0.276. The van der Waals surface area contributed by atoms with Crippen molar-refractivity contribution in [3.8, 4) is 5.75 Å². The summed E-state index contributed by atoms with van der Waals surface area (Å²) < 4.78 is 42.8. The van der Waals surface area contributed by atoms with Crippen LogP contribution in [0.4, 0.5) is 4.39 Å². The summed E-state index contributed by atoms with van der Waals surface area (Å²) in [6.07, 6.45) is 0. The summed E-state index contributed by atoms with van der Waals surface area (Å²) in [5.74, 6) is 0.333. The Bertz CT molecular complexity index is 742. The zero-order valence-electron chi connectivity index (χ0n) is 10.9. The number of rotatable bonds is 4. The van der Waals surface area contributed by atoms with Crippen LogP contribution in [0.3, 0.4) is 0 Å². The molecule has 0 aliphatic heterocycles. The molecule has 0 amide bonds. The van der Waals surface area contributed by atoms with E-state index in [4.69, 9.17) is 9.88 Å². The molecule has 2 rings (SSSR count). The highest BCUT2D eigenvalue weighted by Crippen LogP contribution is 2.21. The molecule has 0 atom stereocenters. The highest BCUT2D eigenvalue weighted by molar-refractivity contribution is 7.89. The van der Waals surface area contributed by atoms with Gasteiger partial charge < -0.3 is 9.30 Å². The molecule has 7 nitrogen and oxygen atoms in total. The van der Waals surface area contributed by atoms with Crippen LogP contribution in [0.15, 0.2) is 23.1 Å². The van der Waals surface area contributed by atoms with Crippen molar-refractivity contribution in [1.29, 1.82) is 0 Å². The highest BCUT2D eigenvalue weighted by atomic mass is 32.2. The van der Waals surface area contributed by atoms with Crippen LogP contribution in [0.1, 0.15) is 11.6 Å². The molecule has 9 heteroatoms. The molecule has 0 saturated carbocycles. The second-order valence-electron chi connectivity index (χ2n) is 4.15. The Labute approximate surface area is 115 Å². The standard InChI is InChI=1S/C11H13FN4O3S/c1-7-14-15-11(16(7)2)6-19-10-4-3-8(5-9(10)12)20(13,17)18/h3-5H,6H2,1-2H3,(H2,13,17,18). The van der Waals surface area contributed by atoms with E-state index in [9.17, 15) is 12.8 Å². The number of sulfonamides is 1. The summed E-state index contributed by atoms with van der Waals surface area (Å²) in [5.41, 5.74) is 0. The third-order valence-corrected chi connectivity index (χ3v) is 3.68. The van der Waals surface area contributed by atoms with Crippen LogP contribution in [0.2, 0.25) is 0 Å². The molecule has 0 fully saturated rings. The Morgan fingerprint density at radius 2 is 2.10 bits per heavy atom. The van der Waals surface area contributed by atoms with E-state index in [1.807, 2.05) is 0 Å². The van der Waals surface area contributed by atoms with E-state index in [-0.39, 0.29) is 17.3 Å². The Morgan fingerprint density at radius 1 is 1.40 bits per heavy atom. The molecule has 1 aromatic carbocycles. The Hall–Kier alpha value is -2.00. The van der Waals surface area contributed by atoms with Crippen molar-refractivity contribution in [2.75, 3.05) is 0 Å². The summed E-state index contributed by atoms with van der Waals surface area (Å²) in [6, 6.07) is 3.19. The number of ether oxygens (including phenoxy) is 1. The molecule has 2 aromatic rings. The maximum Gasteiger partial charge on any atom is 0.238 e. The van der Waals surface area contributed by atoms with Crippen molar-refractivity contribution in [2.24, 2.45) is 12.2 Å². The lowest BCUT2D eigenvalue weighted by atomic mass is 10.3. The molecule has 0 radical (unpaired) electrons. The molecule has 0 aliphatic carbocycles. The first-order valence-corrected chi connectivity index (χ1v) is 7.13. The fourth-order valence-corrected chi connectivity index (χ4v) is 2.02. The van der Waals surface area contributed by atoms with Crippen molar-refractivity contribution in [3.63, 3.8) is 0 Å². The van der Waals surface area contributed by atoms with Crippen molar-refractivity contribution in [2.45, 2.75) is 18.4 Å². The Morgan fingerprint density at radius 3 is 2.60 bits per heavy atom. The molecule has 20 heavy (non-hydrogen) atoms. The van der Waals surface area contributed by atoms with E-state index in [2.05, 4.69) is 10.2 Å². The first kappa shape index (κ1) is 14.4. The molecule has 0 unspecified atom stereocenters. The van der Waals surface area contributed by atoms with Gasteiger partial charge in [0.2, 0.25) is 10.0 Å². The van der Waals surface area contributed by atoms with Gasteiger partial charge in [0.1, 0.15) is 12.4 Å². The van der Waals surface area contributed by atoms with Gasteiger partial charge in [-0.1, -0.05) is 0 Å². The van der Waals surface area contributed by atoms with Crippen molar-refractivity contribution >= 4 is 10.0 Å². The fourth-order valence-electron chi connectivity index (χ4n) is 1.49. The van der Waals surface area contributed by atoms with E-state index in [1.54, 1.807) is 18.5 Å². The van der Waals surface area contributed by atoms with Gasteiger partial charge in [-0.15, -0.1) is 10.2 Å². The predicted octanol–water partition coefficient (Wildman–Crippen LogP) is 0.489. The average molecular weight is 300 g/mol. The zero-order valence-corrected chi connectivity index (χ0v) is 11.7. The van der Waals surface area contributed by atoms with Crippen LogP contribution < -0.4 is 9.88 Å². The van der Waals surface area contributed by atoms with Crippen molar-refractivity contribution in [3.05, 3.63) is 35.7 Å². The van der Waals surface area contributed by atoms with Gasteiger partial charge in [0.15, 0.2) is 17.4 Å². The van der Waals surface area contributed by atoms with E-state index in [1.165, 1.54) is 12.1 Å². The maximum atomic E-state index is 13.7. The molecule has 0 spiro atoms. The number of hydrogen-bond donors (Lipinski definition) is 1. The van der Waals surface area contributed by atoms with Gasteiger partial charge >= 0.3 is 0 Å². The minimum Gasteiger partial charge on any atom is -0.483 e. The number of aromatic nitrogens is 3. The van der Waals surface area contributed by atoms with Crippen molar-refractivity contribution < 1.29 is 17.5 Å². The quantitative estimate of drug-likeness (QED) is 0.885. The number of halogens is 1. The fraction of sp³-hybridized carbons (Fsp3) is 0.273. The monoisotopic (exact) mass is 300 g/mol. The van der Waals surface area contributed by atoms with Crippen LogP contribution in [-0.4, -0.2) is 23.2 Å². The zero-order chi connectivity index (χ0) is 14.9. The van der Waals surface area contributed by atoms with Crippen molar-refractivity contribution in [1.82, 2.24) is 14.8 Å². The number of benzene rings is 1. The van der Waals surface area contributed by atoms with Crippen LogP contribution >= 0.6 is 0 Å². The van der Waals surface area contributed by atoms with E-state index >= 15 is 0 Å². The summed E-state index contributed by atoms with van der Waals surface area (Å²) in [4.78, 5) is -0.308. The second kappa shape index (κ2) is 5.17. The van der Waals surface area contributed by atoms with Crippen LogP contribution in [0, 0.1) is 12.7 Å². The van der Waals surface area contributed by atoms with E-state index < -0.39 is 15.8 Å². The third-order valence-electron chi connectivity index (χ3n) is 2.77. The molecule has 2 N–H and O–H groups in total. The van der Waals surface area contributed by atoms with Gasteiger partial charge in [-0.05, 0) is 25.1 Å². The number of primary sulfonamides is 1. The summed E-state index contributed by atoms with van der Waals surface area (Å²) in [7, 11) is -2.18. The second-order valence-corrected chi connectivity index (χ2v) is 5.71. The molecule has 108 valence electrons. The largest absolute Gasteiger partial charge is 0.483 e. The van der Waals surface area contributed by atoms with Gasteiger partial charge in [0.25, 0.3) is 0 Å². The number of nitrogens with two attached hydrogens (primary N) is 1. The summed E-state index contributed by atoms with van der Waals surface area (Å²) in [6.45, 7) is 1.79. The topological polar surface area (TPSA) is 100 Å². The van der Waals surface area contributed by atoms with E-state index in [0.29, 0.717) is 11.6 Å². The molecule has 0 aliphatic rings. The van der Waals surface area contributed by atoms with Gasteiger partial charge in [-0.2, -0.15) is 0 Å². The SMILES string of the molecule is Cc1nnc(COc2ccc(S(N)(=O)=O)cc2F)n1C. The third kappa shape index (κ3) is 2.94. The van der Waals surface area contributed by atoms with E-state index in [0.717, 1.165) is 6.07 Å². The maximum absolute atomic E-state index is 13.7. The highest BCUT2D eigenvalue weighted by Gasteiger charge is 2.13. The van der Waals surface area contributed by atoms with Crippen LogP contribution in [0.25, 0.3) is 0 Å². The Kier molecular flexibility index (Phi) is 3.73. The predicted molar refractivity (Wildman–Crippen MR) is 67.8 cm³/mol. The first-order chi connectivity index (χ1) is 9.29. The number of aryl methyl sites for hydroxylation is 1. The molecule has 1 heterocycles. The minimum atomic E-state index is -3.93. The smallest absolute Gasteiger partial charge is 0.238 e. The normalized spacial score (nSPS) is 11.6. The molecule has 0 saturated heterocycles. The van der Waals surface area contributed by atoms with Gasteiger partial charge in [-0.3, -0.25) is 0 Å². The van der Waals surface area contributed by atoms with Gasteiger partial charge in [0, 0.05) is 7.05 Å². The average Bonchev–Trinajstić information content (AvgIpc) is 2.67. The molecular formula is C11H13FN4O3S. The van der Waals surface area contributed by atoms with Crippen LogP contribution in [-0.2, 0) is 23.7 Å². The lowest BCUT2D eigenvalue weighted by Crippen LogP contribution is -2.12. The minimum absolute atomic E-state index is 0.0168. The van der Waals surface area contributed by atoms with Gasteiger partial charge in [0.05, 0.1) is 4.90 Å². The summed E-state index contributed by atoms with van der Waals surface area (Å²) >= 11 is 0. The number of hydrogen-bond acceptors (Lipinski definition) is 5. The Balaban J connectivity index is 2.17. The molecule has 0 bridgehead atoms. The molecule has 1 aromatic heterocycles. The summed E-state index contributed by atoms with van der Waals surface area (Å²) in [5, 5.41) is 12.6. The number of nitrogens with zero attached hydrogens (tertiary/aromatic N) is 3. The first-order valence-electron chi connectivity index (χ1n) is 5.59. The van der Waals surface area contributed by atoms with Gasteiger partial charge in [-0.25, -0.2) is 17.9 Å². The van der Waals surface area contributed by atoms with Crippen LogP contribution in [0.5, 0.6) is 5.75 Å². The molecular weight excluding hydrogens is 287 g/mol.